The van der Waals surface area contributed by atoms with Crippen molar-refractivity contribution in [2.24, 2.45) is 0 Å². The van der Waals surface area contributed by atoms with Gasteiger partial charge in [0.15, 0.2) is 0 Å². The van der Waals surface area contributed by atoms with Crippen LogP contribution in [0.2, 0.25) is 0 Å². The first-order valence-electron chi connectivity index (χ1n) is 9.33. The molecule has 0 fully saturated rings. The highest BCUT2D eigenvalue weighted by molar-refractivity contribution is 5.82. The van der Waals surface area contributed by atoms with Crippen LogP contribution in [0.1, 0.15) is 60.8 Å². The van der Waals surface area contributed by atoms with E-state index in [9.17, 15) is 19.2 Å². The van der Waals surface area contributed by atoms with E-state index in [0.29, 0.717) is 6.42 Å². The Morgan fingerprint density at radius 2 is 1.00 bits per heavy atom. The van der Waals surface area contributed by atoms with Gasteiger partial charge in [0.05, 0.1) is 14.2 Å². The average molecular weight is 418 g/mol. The van der Waals surface area contributed by atoms with Gasteiger partial charge in [0.25, 0.3) is 0 Å². The Morgan fingerprint density at radius 1 is 0.690 bits per heavy atom. The standard InChI is InChI=1S/C19H34N2O8/c1-18(2,3)28-16(24)20-12(14(22)26-7)10-9-11-13(15(23)27-8)21-17(25)29-19(4,5)6/h12-13H,9-11H2,1-8H3,(H,20,24)(H,21,25)/t12-,13-/m1/s1. The van der Waals surface area contributed by atoms with Crippen molar-refractivity contribution in [3.63, 3.8) is 0 Å². The fourth-order valence-electron chi connectivity index (χ4n) is 2.21. The van der Waals surface area contributed by atoms with Crippen LogP contribution < -0.4 is 10.6 Å². The second-order valence-electron chi connectivity index (χ2n) is 8.37. The predicted octanol–water partition coefficient (Wildman–Crippen LogP) is 2.29. The summed E-state index contributed by atoms with van der Waals surface area (Å²) in [6, 6.07) is -1.93. The van der Waals surface area contributed by atoms with Crippen LogP contribution in [0.4, 0.5) is 9.59 Å². The number of carbonyl (C=O) groups is 4. The molecule has 0 unspecified atom stereocenters. The Bertz CT molecular complexity index is 528. The van der Waals surface area contributed by atoms with Crippen LogP contribution in [0, 0.1) is 0 Å². The summed E-state index contributed by atoms with van der Waals surface area (Å²) >= 11 is 0. The number of carbonyl (C=O) groups excluding carboxylic acids is 4. The molecule has 2 amide bonds. The molecule has 0 aromatic carbocycles. The van der Waals surface area contributed by atoms with Crippen LogP contribution in [0.25, 0.3) is 0 Å². The molecule has 0 aromatic heterocycles. The van der Waals surface area contributed by atoms with Crippen molar-refractivity contribution in [3.05, 3.63) is 0 Å². The number of alkyl carbamates (subject to hydrolysis) is 2. The van der Waals surface area contributed by atoms with Gasteiger partial charge in [-0.2, -0.15) is 0 Å². The molecule has 0 aliphatic heterocycles. The normalized spacial score (nSPS) is 13.5. The third-order valence-corrected chi connectivity index (χ3v) is 3.34. The highest BCUT2D eigenvalue weighted by Crippen LogP contribution is 2.12. The average Bonchev–Trinajstić information content (AvgIpc) is 2.55. The van der Waals surface area contributed by atoms with Crippen molar-refractivity contribution in [2.75, 3.05) is 14.2 Å². The molecule has 0 saturated heterocycles. The Morgan fingerprint density at radius 3 is 1.24 bits per heavy atom. The Balaban J connectivity index is 4.89. The maximum Gasteiger partial charge on any atom is 0.408 e. The summed E-state index contributed by atoms with van der Waals surface area (Å²) in [7, 11) is 2.40. The van der Waals surface area contributed by atoms with Crippen molar-refractivity contribution >= 4 is 24.1 Å². The predicted molar refractivity (Wildman–Crippen MR) is 104 cm³/mol. The molecular formula is C19H34N2O8. The maximum absolute atomic E-state index is 11.9. The van der Waals surface area contributed by atoms with Gasteiger partial charge >= 0.3 is 24.1 Å². The molecule has 10 heteroatoms. The number of esters is 2. The summed E-state index contributed by atoms with van der Waals surface area (Å²) in [6.07, 6.45) is -0.899. The Hall–Kier alpha value is -2.52. The topological polar surface area (TPSA) is 129 Å². The van der Waals surface area contributed by atoms with Crippen molar-refractivity contribution in [2.45, 2.75) is 84.1 Å². The first-order valence-corrected chi connectivity index (χ1v) is 9.33. The van der Waals surface area contributed by atoms with Gasteiger partial charge in [-0.15, -0.1) is 0 Å². The summed E-state index contributed by atoms with van der Waals surface area (Å²) in [5.41, 5.74) is -1.45. The van der Waals surface area contributed by atoms with E-state index in [2.05, 4.69) is 10.6 Å². The molecule has 0 aromatic rings. The summed E-state index contributed by atoms with van der Waals surface area (Å²) in [4.78, 5) is 47.7. The molecular weight excluding hydrogens is 384 g/mol. The smallest absolute Gasteiger partial charge is 0.408 e. The molecule has 10 nitrogen and oxygen atoms in total. The fraction of sp³-hybridized carbons (Fsp3) is 0.789. The molecule has 0 aliphatic rings. The van der Waals surface area contributed by atoms with Crippen LogP contribution in [0.15, 0.2) is 0 Å². The van der Waals surface area contributed by atoms with Crippen LogP contribution in [0.3, 0.4) is 0 Å². The van der Waals surface area contributed by atoms with Crippen molar-refractivity contribution in [3.8, 4) is 0 Å². The number of ether oxygens (including phenoxy) is 4. The van der Waals surface area contributed by atoms with E-state index < -0.39 is 47.4 Å². The summed E-state index contributed by atoms with van der Waals surface area (Å²) < 4.78 is 19.7. The minimum Gasteiger partial charge on any atom is -0.467 e. The summed E-state index contributed by atoms with van der Waals surface area (Å²) in [5, 5.41) is 4.90. The monoisotopic (exact) mass is 418 g/mol. The number of nitrogens with one attached hydrogen (secondary N) is 2. The largest absolute Gasteiger partial charge is 0.467 e. The number of hydrogen-bond acceptors (Lipinski definition) is 8. The highest BCUT2D eigenvalue weighted by atomic mass is 16.6. The van der Waals surface area contributed by atoms with Crippen molar-refractivity contribution in [1.82, 2.24) is 10.6 Å². The van der Waals surface area contributed by atoms with Crippen LogP contribution in [-0.4, -0.2) is 61.6 Å². The lowest BCUT2D eigenvalue weighted by molar-refractivity contribution is -0.143. The SMILES string of the molecule is COC(=O)[C@@H](CCC[C@@H](NC(=O)OC(C)(C)C)C(=O)OC)NC(=O)OC(C)(C)C. The molecule has 0 rings (SSSR count). The molecule has 0 heterocycles. The number of amides is 2. The third-order valence-electron chi connectivity index (χ3n) is 3.34. The molecule has 0 saturated carbocycles. The van der Waals surface area contributed by atoms with E-state index in [1.54, 1.807) is 41.5 Å². The second kappa shape index (κ2) is 11.5. The Kier molecular flexibility index (Phi) is 10.5. The van der Waals surface area contributed by atoms with Gasteiger partial charge in [-0.25, -0.2) is 19.2 Å². The van der Waals surface area contributed by atoms with E-state index in [-0.39, 0.29) is 12.8 Å². The van der Waals surface area contributed by atoms with Crippen molar-refractivity contribution < 1.29 is 38.1 Å². The van der Waals surface area contributed by atoms with Crippen LogP contribution >= 0.6 is 0 Å². The summed E-state index contributed by atoms with van der Waals surface area (Å²) in [6.45, 7) is 10.2. The highest BCUT2D eigenvalue weighted by Gasteiger charge is 2.28. The molecule has 0 aliphatic carbocycles. The second-order valence-corrected chi connectivity index (χ2v) is 8.37. The lowest BCUT2D eigenvalue weighted by atomic mass is 10.1. The first-order chi connectivity index (χ1) is 13.2. The lowest BCUT2D eigenvalue weighted by Gasteiger charge is -2.24. The van der Waals surface area contributed by atoms with Gasteiger partial charge in [0.1, 0.15) is 23.3 Å². The van der Waals surface area contributed by atoms with Gasteiger partial charge in [0.2, 0.25) is 0 Å². The minimum absolute atomic E-state index is 0.162. The fourth-order valence-corrected chi connectivity index (χ4v) is 2.21. The van der Waals surface area contributed by atoms with Gasteiger partial charge in [-0.05, 0) is 60.8 Å². The van der Waals surface area contributed by atoms with Gasteiger partial charge in [0, 0.05) is 0 Å². The Labute approximate surface area is 172 Å². The molecule has 2 N–H and O–H groups in total. The summed E-state index contributed by atoms with van der Waals surface area (Å²) in [5.74, 6) is -1.30. The molecule has 29 heavy (non-hydrogen) atoms. The quantitative estimate of drug-likeness (QED) is 0.454. The zero-order valence-corrected chi connectivity index (χ0v) is 18.5. The molecule has 0 radical (unpaired) electrons. The number of methoxy groups -OCH3 is 2. The molecule has 0 spiro atoms. The maximum atomic E-state index is 11.9. The van der Waals surface area contributed by atoms with E-state index in [4.69, 9.17) is 18.9 Å². The van der Waals surface area contributed by atoms with E-state index in [0.717, 1.165) is 0 Å². The van der Waals surface area contributed by atoms with Crippen LogP contribution in [0.5, 0.6) is 0 Å². The molecule has 168 valence electrons. The first kappa shape index (κ1) is 26.5. The van der Waals surface area contributed by atoms with Crippen molar-refractivity contribution in [1.29, 1.82) is 0 Å². The van der Waals surface area contributed by atoms with E-state index in [1.165, 1.54) is 14.2 Å². The van der Waals surface area contributed by atoms with E-state index >= 15 is 0 Å². The molecule has 0 bridgehead atoms. The minimum atomic E-state index is -0.963. The van der Waals surface area contributed by atoms with E-state index in [1.807, 2.05) is 0 Å². The number of rotatable bonds is 8. The zero-order valence-electron chi connectivity index (χ0n) is 18.5. The third kappa shape index (κ3) is 12.5. The lowest BCUT2D eigenvalue weighted by Crippen LogP contribution is -2.45. The zero-order chi connectivity index (χ0) is 22.8. The van der Waals surface area contributed by atoms with Gasteiger partial charge in [-0.1, -0.05) is 0 Å². The van der Waals surface area contributed by atoms with Gasteiger partial charge in [-0.3, -0.25) is 0 Å². The molecule has 2 atom stereocenters. The van der Waals surface area contributed by atoms with Gasteiger partial charge < -0.3 is 29.6 Å². The van der Waals surface area contributed by atoms with Crippen LogP contribution in [-0.2, 0) is 28.5 Å². The number of hydrogen-bond donors (Lipinski definition) is 2.